The molecule has 0 aliphatic carbocycles. The molecular formula is C48H35N3S+2. The van der Waals surface area contributed by atoms with Gasteiger partial charge in [0.1, 0.15) is 0 Å². The molecule has 2 aliphatic rings. The van der Waals surface area contributed by atoms with E-state index in [0.29, 0.717) is 5.92 Å². The molecule has 12 rings (SSSR count). The summed E-state index contributed by atoms with van der Waals surface area (Å²) in [6, 6.07) is 46.2. The highest BCUT2D eigenvalue weighted by Gasteiger charge is 2.42. The summed E-state index contributed by atoms with van der Waals surface area (Å²) in [4.78, 5) is 0. The van der Waals surface area contributed by atoms with E-state index in [2.05, 4.69) is 154 Å². The Morgan fingerprint density at radius 2 is 1.48 bits per heavy atom. The normalized spacial score (nSPS) is 17.1. The lowest BCUT2D eigenvalue weighted by atomic mass is 9.77. The van der Waals surface area contributed by atoms with Gasteiger partial charge in [-0.15, -0.1) is 11.3 Å². The van der Waals surface area contributed by atoms with E-state index in [1.807, 2.05) is 11.3 Å². The van der Waals surface area contributed by atoms with Crippen molar-refractivity contribution in [3.8, 4) is 22.5 Å². The standard InChI is InChI=1S/C48H35N3S/c1-28-17-22-42-39-26-40-36-14-9-13-35-37-20-21-38-34-12-5-6-16-45(34)52-48(38)47(37)51(46(35)36)44(40)25-30(39)18-19-33-31-10-3-4-11-32(31)41-15-7-8-23-49(41)43(33)24-29(2)50(42)27-28/h3-17,20-23,25-27,33,43H,2,18-19,24H2,1H3/q+2. The number of pyridine rings is 2. The minimum Gasteiger partial charge on any atom is -0.307 e. The highest BCUT2D eigenvalue weighted by Crippen LogP contribution is 2.48. The molecule has 0 bridgehead atoms. The van der Waals surface area contributed by atoms with Crippen molar-refractivity contribution in [1.82, 2.24) is 4.40 Å². The molecule has 0 fully saturated rings. The number of aryl methyl sites for hydroxylation is 2. The maximum Gasteiger partial charge on any atom is 0.218 e. The fraction of sp³-hybridized carbons (Fsp3) is 0.125. The van der Waals surface area contributed by atoms with Gasteiger partial charge in [0.2, 0.25) is 11.4 Å². The molecule has 5 aromatic carbocycles. The second-order valence-electron chi connectivity index (χ2n) is 15.0. The molecule has 0 N–H and O–H groups in total. The van der Waals surface area contributed by atoms with E-state index in [4.69, 9.17) is 6.58 Å². The van der Waals surface area contributed by atoms with Crippen molar-refractivity contribution in [2.24, 2.45) is 0 Å². The molecule has 7 heterocycles. The van der Waals surface area contributed by atoms with Gasteiger partial charge in [-0.2, -0.15) is 9.13 Å². The minimum atomic E-state index is 0.272. The van der Waals surface area contributed by atoms with E-state index < -0.39 is 0 Å². The summed E-state index contributed by atoms with van der Waals surface area (Å²) < 4.78 is 10.3. The maximum absolute atomic E-state index is 4.82. The molecule has 0 amide bonds. The smallest absolute Gasteiger partial charge is 0.218 e. The first-order valence-electron chi connectivity index (χ1n) is 18.5. The fourth-order valence-corrected chi connectivity index (χ4v) is 11.3. The lowest BCUT2D eigenvalue weighted by Gasteiger charge is -2.31. The number of fused-ring (bicyclic) bond motifs is 19. The minimum absolute atomic E-state index is 0.272. The van der Waals surface area contributed by atoms with Crippen LogP contribution in [0.15, 0.2) is 140 Å². The van der Waals surface area contributed by atoms with Crippen LogP contribution >= 0.6 is 11.3 Å². The van der Waals surface area contributed by atoms with Gasteiger partial charge in [-0.25, -0.2) is 0 Å². The van der Waals surface area contributed by atoms with Crippen LogP contribution in [0.1, 0.15) is 41.5 Å². The summed E-state index contributed by atoms with van der Waals surface area (Å²) >= 11 is 1.93. The van der Waals surface area contributed by atoms with Crippen LogP contribution in [0.2, 0.25) is 0 Å². The van der Waals surface area contributed by atoms with Crippen molar-refractivity contribution in [2.45, 2.75) is 38.1 Å². The third-order valence-electron chi connectivity index (χ3n) is 12.3. The molecule has 10 aromatic rings. The van der Waals surface area contributed by atoms with Crippen molar-refractivity contribution in [1.29, 1.82) is 0 Å². The van der Waals surface area contributed by atoms with Crippen LogP contribution in [0.4, 0.5) is 0 Å². The number of hydrogen-bond acceptors (Lipinski definition) is 1. The zero-order valence-electron chi connectivity index (χ0n) is 28.9. The molecular weight excluding hydrogens is 651 g/mol. The average Bonchev–Trinajstić information content (AvgIpc) is 3.84. The Hall–Kier alpha value is -5.84. The molecule has 2 aliphatic heterocycles. The Bertz CT molecular complexity index is 3160. The number of rotatable bonds is 0. The van der Waals surface area contributed by atoms with Crippen LogP contribution in [-0.2, 0) is 6.42 Å². The number of aromatic nitrogens is 3. The summed E-state index contributed by atoms with van der Waals surface area (Å²) in [7, 11) is 0. The van der Waals surface area contributed by atoms with Gasteiger partial charge in [-0.1, -0.05) is 66.7 Å². The Kier molecular flexibility index (Phi) is 5.75. The monoisotopic (exact) mass is 685 g/mol. The van der Waals surface area contributed by atoms with Crippen LogP contribution in [-0.4, -0.2) is 4.40 Å². The third kappa shape index (κ3) is 3.75. The Labute approximate surface area is 305 Å². The quantitative estimate of drug-likeness (QED) is 0.141. The van der Waals surface area contributed by atoms with E-state index in [0.717, 1.165) is 25.0 Å². The third-order valence-corrected chi connectivity index (χ3v) is 13.5. The van der Waals surface area contributed by atoms with Gasteiger partial charge in [0.05, 0.1) is 33.2 Å². The van der Waals surface area contributed by atoms with Crippen LogP contribution in [0.3, 0.4) is 0 Å². The zero-order chi connectivity index (χ0) is 34.2. The molecule has 5 aromatic heterocycles. The first-order chi connectivity index (χ1) is 25.6. The molecule has 2 atom stereocenters. The SMILES string of the molecule is C=C1CC2C(CCc3cc4c(cc3-c3ccc(C)c[n+]31)c1cccc3c5ccc6c7ccccc7sc6c5n4c13)c1ccccc1-c1cccc[n+]12. The summed E-state index contributed by atoms with van der Waals surface area (Å²) in [6.07, 6.45) is 7.51. The number of hydrogen-bond donors (Lipinski definition) is 0. The topological polar surface area (TPSA) is 12.2 Å². The number of para-hydroxylation sites is 1. The largest absolute Gasteiger partial charge is 0.307 e. The lowest BCUT2D eigenvalue weighted by molar-refractivity contribution is -0.720. The van der Waals surface area contributed by atoms with Crippen molar-refractivity contribution in [3.05, 3.63) is 157 Å². The fourth-order valence-electron chi connectivity index (χ4n) is 10.0. The predicted octanol–water partition coefficient (Wildman–Crippen LogP) is 11.6. The van der Waals surface area contributed by atoms with Gasteiger partial charge < -0.3 is 4.40 Å². The van der Waals surface area contributed by atoms with Gasteiger partial charge in [0.25, 0.3) is 0 Å². The highest BCUT2D eigenvalue weighted by atomic mass is 32.1. The summed E-state index contributed by atoms with van der Waals surface area (Å²) in [5.41, 5.74) is 14.4. The lowest BCUT2D eigenvalue weighted by Crippen LogP contribution is -2.49. The van der Waals surface area contributed by atoms with Gasteiger partial charge in [-0.05, 0) is 73.9 Å². The Morgan fingerprint density at radius 1 is 0.692 bits per heavy atom. The van der Waals surface area contributed by atoms with E-state index in [1.54, 1.807) is 0 Å². The Morgan fingerprint density at radius 3 is 2.42 bits per heavy atom. The summed E-state index contributed by atoms with van der Waals surface area (Å²) in [5.74, 6) is 0.357. The molecule has 0 spiro atoms. The molecule has 246 valence electrons. The van der Waals surface area contributed by atoms with E-state index in [1.165, 1.54) is 97.5 Å². The number of thiophene rings is 1. The van der Waals surface area contributed by atoms with Gasteiger partial charge in [0.15, 0.2) is 24.1 Å². The first-order valence-corrected chi connectivity index (χ1v) is 19.3. The molecule has 0 radical (unpaired) electrons. The van der Waals surface area contributed by atoms with Crippen LogP contribution in [0, 0.1) is 6.92 Å². The second-order valence-corrected chi connectivity index (χ2v) is 16.1. The molecule has 0 saturated heterocycles. The van der Waals surface area contributed by atoms with Crippen molar-refractivity contribution >= 4 is 75.3 Å². The number of allylic oxidation sites excluding steroid dienone is 1. The first kappa shape index (κ1) is 28.8. The van der Waals surface area contributed by atoms with Crippen LogP contribution in [0.5, 0.6) is 0 Å². The summed E-state index contributed by atoms with van der Waals surface area (Å²) in [5, 5.41) is 8.01. The summed E-state index contributed by atoms with van der Waals surface area (Å²) in [6.45, 7) is 7.01. The second kappa shape index (κ2) is 10.4. The zero-order valence-corrected chi connectivity index (χ0v) is 29.8. The molecule has 0 saturated carbocycles. The molecule has 52 heavy (non-hydrogen) atoms. The van der Waals surface area contributed by atoms with Gasteiger partial charge >= 0.3 is 0 Å². The van der Waals surface area contributed by atoms with Crippen molar-refractivity contribution in [2.75, 3.05) is 0 Å². The molecule has 2 unspecified atom stereocenters. The maximum atomic E-state index is 4.82. The van der Waals surface area contributed by atoms with Crippen LogP contribution in [0.25, 0.3) is 86.5 Å². The van der Waals surface area contributed by atoms with Gasteiger partial charge in [0, 0.05) is 72.3 Å². The van der Waals surface area contributed by atoms with Crippen LogP contribution < -0.4 is 9.13 Å². The number of benzene rings is 5. The van der Waals surface area contributed by atoms with Crippen molar-refractivity contribution < 1.29 is 9.13 Å². The molecule has 4 heteroatoms. The number of nitrogens with zero attached hydrogens (tertiary/aromatic N) is 3. The highest BCUT2D eigenvalue weighted by molar-refractivity contribution is 7.26. The van der Waals surface area contributed by atoms with E-state index in [-0.39, 0.29) is 6.04 Å². The van der Waals surface area contributed by atoms with Crippen molar-refractivity contribution in [3.63, 3.8) is 0 Å². The predicted molar refractivity (Wildman–Crippen MR) is 216 cm³/mol. The average molecular weight is 686 g/mol. The molecule has 3 nitrogen and oxygen atoms in total. The van der Waals surface area contributed by atoms with E-state index >= 15 is 0 Å². The Balaban J connectivity index is 1.16. The van der Waals surface area contributed by atoms with Gasteiger partial charge in [-0.3, -0.25) is 0 Å². The van der Waals surface area contributed by atoms with E-state index in [9.17, 15) is 0 Å².